The van der Waals surface area contributed by atoms with Gasteiger partial charge in [-0.15, -0.1) is 5.10 Å². The van der Waals surface area contributed by atoms with E-state index in [-0.39, 0.29) is 16.9 Å². The van der Waals surface area contributed by atoms with Gasteiger partial charge in [0, 0.05) is 48.8 Å². The number of rotatable bonds is 5. The first-order valence-electron chi connectivity index (χ1n) is 12.7. The first-order valence-corrected chi connectivity index (χ1v) is 12.7. The Morgan fingerprint density at radius 3 is 2.55 bits per heavy atom. The van der Waals surface area contributed by atoms with Crippen molar-refractivity contribution in [1.82, 2.24) is 24.1 Å². The average molecular weight is 533 g/mol. The molecular weight excluding hydrogens is 504 g/mol. The summed E-state index contributed by atoms with van der Waals surface area (Å²) < 4.78 is 3.23. The number of nitrogens with two attached hydrogens (primary N) is 2. The van der Waals surface area contributed by atoms with Crippen molar-refractivity contribution in [2.75, 3.05) is 18.1 Å². The number of benzene rings is 2. The number of nitrogens with one attached hydrogen (secondary N) is 1. The van der Waals surface area contributed by atoms with E-state index in [0.717, 1.165) is 40.0 Å². The number of hydrogen-bond acceptors (Lipinski definition) is 7. The van der Waals surface area contributed by atoms with Gasteiger partial charge in [-0.1, -0.05) is 43.3 Å². The number of nitrogens with zero attached hydrogens (tertiary/aromatic N) is 5. The lowest BCUT2D eigenvalue weighted by molar-refractivity contribution is 0.100. The molecule has 200 valence electrons. The summed E-state index contributed by atoms with van der Waals surface area (Å²) in [6.45, 7) is 2.07. The Morgan fingerprint density at radius 1 is 1.02 bits per heavy atom. The summed E-state index contributed by atoms with van der Waals surface area (Å²) in [5.41, 5.74) is 15.8. The summed E-state index contributed by atoms with van der Waals surface area (Å²) in [6.07, 6.45) is 7.54. The molecule has 0 saturated carbocycles. The number of anilines is 2. The molecule has 0 radical (unpaired) electrons. The van der Waals surface area contributed by atoms with Crippen molar-refractivity contribution in [3.63, 3.8) is 0 Å². The van der Waals surface area contributed by atoms with Crippen LogP contribution in [0.5, 0.6) is 0 Å². The van der Waals surface area contributed by atoms with E-state index in [0.29, 0.717) is 11.0 Å². The number of nitrogen functional groups attached to an aromatic ring is 1. The van der Waals surface area contributed by atoms with Crippen molar-refractivity contribution in [2.24, 2.45) is 5.73 Å². The molecule has 0 aliphatic rings. The number of fused-ring (bicyclic) bond motifs is 2. The van der Waals surface area contributed by atoms with Gasteiger partial charge >= 0.3 is 0 Å². The number of carbonyl (C=O) groups excluding carboxylic acids is 1. The summed E-state index contributed by atoms with van der Waals surface area (Å²) in [5.74, 6) is -0.516. The highest BCUT2D eigenvalue weighted by atomic mass is 16.1. The minimum atomic E-state index is -0.619. The summed E-state index contributed by atoms with van der Waals surface area (Å²) in [5, 5.41) is 8.65. The Labute approximate surface area is 229 Å². The van der Waals surface area contributed by atoms with Gasteiger partial charge in [0.2, 0.25) is 0 Å². The highest BCUT2D eigenvalue weighted by Crippen LogP contribution is 2.29. The van der Waals surface area contributed by atoms with E-state index >= 15 is 0 Å². The summed E-state index contributed by atoms with van der Waals surface area (Å²) in [7, 11) is 1.86. The maximum atomic E-state index is 13.6. The van der Waals surface area contributed by atoms with Gasteiger partial charge in [-0.2, -0.15) is 0 Å². The zero-order chi connectivity index (χ0) is 28.2. The second-order valence-corrected chi connectivity index (χ2v) is 8.96. The van der Waals surface area contributed by atoms with Crippen molar-refractivity contribution < 1.29 is 4.79 Å². The number of pyridine rings is 2. The molecule has 10 heteroatoms. The minimum absolute atomic E-state index is 0.000936. The molecule has 1 amide bonds. The Hall–Kier alpha value is -5.51. The molecule has 0 fully saturated rings. The third kappa shape index (κ3) is 4.85. The molecule has 0 bridgehead atoms. The molecule has 2 aromatic carbocycles. The summed E-state index contributed by atoms with van der Waals surface area (Å²) in [6, 6.07) is 21.6. The number of carbonyl (C=O) groups is 1. The normalized spacial score (nSPS) is 10.8. The van der Waals surface area contributed by atoms with Gasteiger partial charge in [0.05, 0.1) is 11.1 Å². The predicted molar refractivity (Wildman–Crippen MR) is 158 cm³/mol. The van der Waals surface area contributed by atoms with E-state index in [4.69, 9.17) is 11.5 Å². The van der Waals surface area contributed by atoms with Gasteiger partial charge in [0.25, 0.3) is 11.5 Å². The molecule has 10 nitrogen and oxygen atoms in total. The lowest BCUT2D eigenvalue weighted by Crippen LogP contribution is -2.22. The van der Waals surface area contributed by atoms with Crippen molar-refractivity contribution >= 4 is 33.8 Å². The smallest absolute Gasteiger partial charge is 0.263 e. The van der Waals surface area contributed by atoms with Crippen LogP contribution in [0.4, 0.5) is 11.5 Å². The van der Waals surface area contributed by atoms with Gasteiger partial charge in [-0.3, -0.25) is 19.1 Å². The molecule has 0 spiro atoms. The number of aryl methyl sites for hydroxylation is 1. The van der Waals surface area contributed by atoms with Gasteiger partial charge in [0.15, 0.2) is 11.5 Å². The number of primary amides is 1. The molecule has 0 aliphatic heterocycles. The third-order valence-electron chi connectivity index (χ3n) is 6.51. The Kier molecular flexibility index (Phi) is 7.23. The van der Waals surface area contributed by atoms with Crippen molar-refractivity contribution in [1.29, 1.82) is 0 Å². The van der Waals surface area contributed by atoms with Crippen molar-refractivity contribution in [3.8, 4) is 16.8 Å². The Bertz CT molecular complexity index is 1890. The van der Waals surface area contributed by atoms with E-state index in [2.05, 4.69) is 33.4 Å². The van der Waals surface area contributed by atoms with Crippen LogP contribution < -0.4 is 22.3 Å². The van der Waals surface area contributed by atoms with Crippen molar-refractivity contribution in [2.45, 2.75) is 13.3 Å². The summed E-state index contributed by atoms with van der Waals surface area (Å²) in [4.78, 5) is 32.8. The van der Waals surface area contributed by atoms with Crippen LogP contribution in [0.25, 0.3) is 33.2 Å². The van der Waals surface area contributed by atoms with Gasteiger partial charge in [0.1, 0.15) is 5.56 Å². The minimum Gasteiger partial charge on any atom is -0.387 e. The molecule has 4 heterocycles. The molecule has 0 aliphatic carbocycles. The number of amides is 1. The zero-order valence-electron chi connectivity index (χ0n) is 22.1. The average Bonchev–Trinajstić information content (AvgIpc) is 3.33. The van der Waals surface area contributed by atoms with Crippen LogP contribution in [0, 0.1) is 0 Å². The van der Waals surface area contributed by atoms with Gasteiger partial charge in [-0.05, 0) is 47.7 Å². The van der Waals surface area contributed by atoms with E-state index < -0.39 is 5.91 Å². The molecule has 0 atom stereocenters. The second-order valence-electron chi connectivity index (χ2n) is 8.96. The van der Waals surface area contributed by atoms with Gasteiger partial charge in [-0.25, -0.2) is 9.50 Å². The van der Waals surface area contributed by atoms with E-state index in [1.54, 1.807) is 30.9 Å². The number of para-hydroxylation sites is 1. The molecule has 4 aromatic heterocycles. The molecule has 6 aromatic rings. The van der Waals surface area contributed by atoms with E-state index in [1.165, 1.54) is 4.52 Å². The fraction of sp³-hybridized carbons (Fsp3) is 0.100. The Balaban J connectivity index is 0.000000207. The van der Waals surface area contributed by atoms with Crippen LogP contribution in [0.2, 0.25) is 0 Å². The molecule has 6 rings (SSSR count). The highest BCUT2D eigenvalue weighted by Gasteiger charge is 2.16. The number of aromatic nitrogens is 5. The predicted octanol–water partition coefficient (Wildman–Crippen LogP) is 4.07. The molecule has 0 saturated heterocycles. The van der Waals surface area contributed by atoms with Crippen LogP contribution in [0.3, 0.4) is 0 Å². The van der Waals surface area contributed by atoms with Crippen LogP contribution in [0.1, 0.15) is 23.0 Å². The van der Waals surface area contributed by atoms with Crippen molar-refractivity contribution in [3.05, 3.63) is 113 Å². The van der Waals surface area contributed by atoms with E-state index in [1.807, 2.05) is 66.2 Å². The van der Waals surface area contributed by atoms with Crippen LogP contribution >= 0.6 is 0 Å². The maximum Gasteiger partial charge on any atom is 0.263 e. The largest absolute Gasteiger partial charge is 0.387 e. The highest BCUT2D eigenvalue weighted by molar-refractivity contribution is 6.03. The van der Waals surface area contributed by atoms with Crippen LogP contribution in [-0.4, -0.2) is 37.1 Å². The van der Waals surface area contributed by atoms with E-state index in [9.17, 15) is 9.59 Å². The molecular formula is C30H28N8O2. The lowest BCUT2D eigenvalue weighted by atomic mass is 9.99. The Morgan fingerprint density at radius 2 is 1.82 bits per heavy atom. The van der Waals surface area contributed by atoms with Crippen LogP contribution in [-0.2, 0) is 6.42 Å². The fourth-order valence-corrected chi connectivity index (χ4v) is 4.64. The quantitative estimate of drug-likeness (QED) is 0.303. The topological polar surface area (TPSA) is 146 Å². The summed E-state index contributed by atoms with van der Waals surface area (Å²) >= 11 is 0. The molecule has 40 heavy (non-hydrogen) atoms. The molecule has 5 N–H and O–H groups in total. The molecule has 0 unspecified atom stereocenters. The number of hydrogen-bond donors (Lipinski definition) is 3. The second kappa shape index (κ2) is 11.1. The third-order valence-corrected chi connectivity index (χ3v) is 6.51. The standard InChI is InChI=1S/C23H21N3O.C7H7N5O/c1-3-19-13-16-8-7-11-21(17-12-18(24-2)15-25-14-17)22(16)23(27)26(19)20-9-5-4-6-10-20;8-5-4(6(9)13)7-10-2-1-3-12(7)11-5/h4-15,24H,3H2,1-2H3;1-3H,(H2,8,11)(H2,9,13). The SMILES string of the molecule is CCc1cc2cccc(-c3cncc(NC)c3)c2c(=O)n1-c1ccccc1.NC(=O)c1c(N)nn2cccnc12. The fourth-order valence-electron chi connectivity index (χ4n) is 4.64. The zero-order valence-corrected chi connectivity index (χ0v) is 22.1. The van der Waals surface area contributed by atoms with Gasteiger partial charge < -0.3 is 16.8 Å². The maximum absolute atomic E-state index is 13.6. The first-order chi connectivity index (χ1) is 19.4. The lowest BCUT2D eigenvalue weighted by Gasteiger charge is -2.15. The van der Waals surface area contributed by atoms with Crippen LogP contribution in [0.15, 0.2) is 96.3 Å². The first kappa shape index (κ1) is 26.1. The monoisotopic (exact) mass is 532 g/mol.